The molecule has 4 heterocycles. The molecule has 0 saturated carbocycles. The normalized spacial score (nSPS) is 13.2. The van der Waals surface area contributed by atoms with Crippen LogP contribution in [0.15, 0.2) is 103 Å². The van der Waals surface area contributed by atoms with Crippen LogP contribution < -0.4 is 25.4 Å². The first-order valence-corrected chi connectivity index (χ1v) is 18.9. The molecule has 0 atom stereocenters. The minimum Gasteiger partial charge on any atom is -0.497 e. The van der Waals surface area contributed by atoms with Crippen molar-refractivity contribution in [1.29, 1.82) is 0 Å². The zero-order chi connectivity index (χ0) is 38.3. The summed E-state index contributed by atoms with van der Waals surface area (Å²) < 4.78 is 20.9. The lowest BCUT2D eigenvalue weighted by atomic mass is 10.1. The molecule has 0 radical (unpaired) electrons. The number of hydrogen-bond donors (Lipinski definition) is 3. The van der Waals surface area contributed by atoms with E-state index in [9.17, 15) is 4.79 Å². The summed E-state index contributed by atoms with van der Waals surface area (Å²) in [6, 6.07) is 28.3. The Kier molecular flexibility index (Phi) is 11.0. The monoisotopic (exact) mass is 752 g/mol. The van der Waals surface area contributed by atoms with E-state index in [0.717, 1.165) is 103 Å². The van der Waals surface area contributed by atoms with Crippen molar-refractivity contribution in [2.45, 2.75) is 32.7 Å². The van der Waals surface area contributed by atoms with Crippen LogP contribution in [-0.4, -0.2) is 80.4 Å². The molecule has 1 aliphatic rings. The number of anilines is 4. The van der Waals surface area contributed by atoms with Gasteiger partial charge in [0.25, 0.3) is 0 Å². The van der Waals surface area contributed by atoms with Crippen LogP contribution in [0.25, 0.3) is 27.4 Å². The largest absolute Gasteiger partial charge is 0.497 e. The number of ether oxygens (including phenoxy) is 3. The molecule has 7 aromatic rings. The van der Waals surface area contributed by atoms with Crippen LogP contribution in [0.1, 0.15) is 25.5 Å². The van der Waals surface area contributed by atoms with Gasteiger partial charge in [-0.15, -0.1) is 0 Å². The lowest BCUT2D eigenvalue weighted by Crippen LogP contribution is -2.38. The number of hydrogen-bond acceptors (Lipinski definition) is 10. The maximum Gasteiger partial charge on any atom is 0.324 e. The zero-order valence-electron chi connectivity index (χ0n) is 31.4. The molecule has 0 unspecified atom stereocenters. The van der Waals surface area contributed by atoms with Gasteiger partial charge < -0.3 is 24.8 Å². The van der Waals surface area contributed by atoms with Gasteiger partial charge in [0.05, 0.1) is 55.7 Å². The van der Waals surface area contributed by atoms with Gasteiger partial charge >= 0.3 is 6.03 Å². The van der Waals surface area contributed by atoms with Crippen LogP contribution in [0.5, 0.6) is 17.4 Å². The summed E-state index contributed by atoms with van der Waals surface area (Å²) in [5, 5.41) is 21.4. The summed E-state index contributed by atoms with van der Waals surface area (Å²) in [4.78, 5) is 25.0. The maximum atomic E-state index is 13.5. The van der Waals surface area contributed by atoms with Gasteiger partial charge in [-0.2, -0.15) is 15.2 Å². The summed E-state index contributed by atoms with van der Waals surface area (Å²) in [6.45, 7) is 7.37. The third-order valence-electron chi connectivity index (χ3n) is 9.71. The fourth-order valence-electron chi connectivity index (χ4n) is 6.76. The van der Waals surface area contributed by atoms with Gasteiger partial charge in [0, 0.05) is 59.8 Å². The SMILES string of the molecule is CCCCc1cc(NC(=O)Nc2ccc(Oc3ccnc(Nc4ccc5c(cnn5CCN5CCOCC5)c4)n3)c3ccccc23)n(-c2ccc(OC)cc2)n1. The van der Waals surface area contributed by atoms with E-state index < -0.39 is 6.03 Å². The predicted octanol–water partition coefficient (Wildman–Crippen LogP) is 8.03. The Balaban J connectivity index is 0.951. The van der Waals surface area contributed by atoms with Crippen molar-refractivity contribution in [2.75, 3.05) is 55.9 Å². The molecule has 4 aromatic carbocycles. The number of benzene rings is 4. The number of carbonyl (C=O) groups is 1. The number of nitrogens with one attached hydrogen (secondary N) is 3. The van der Waals surface area contributed by atoms with Crippen LogP contribution >= 0.6 is 0 Å². The second kappa shape index (κ2) is 16.9. The first-order chi connectivity index (χ1) is 27.5. The fraction of sp³-hybridized carbons (Fsp3) is 0.262. The summed E-state index contributed by atoms with van der Waals surface area (Å²) in [7, 11) is 1.63. The molecule has 3 N–H and O–H groups in total. The standard InChI is InChI=1S/C42H44N10O4/c1-3-4-7-31-27-39(52(49-31)32-11-13-33(54-2)14-12-32)47-42(53)46-36-15-17-38(35-9-6-5-8-34(35)36)56-40-18-19-43-41(48-40)45-30-10-16-37-29(26-30)28-44-51(37)21-20-50-22-24-55-25-23-50/h5-6,8-19,26-28H,3-4,7,20-25H2,1-2H3,(H,43,45,48)(H2,46,47,53). The van der Waals surface area contributed by atoms with Crippen molar-refractivity contribution < 1.29 is 19.0 Å². The van der Waals surface area contributed by atoms with Crippen molar-refractivity contribution in [3.63, 3.8) is 0 Å². The highest BCUT2D eigenvalue weighted by Gasteiger charge is 2.16. The highest BCUT2D eigenvalue weighted by Crippen LogP contribution is 2.34. The number of amides is 2. The van der Waals surface area contributed by atoms with E-state index in [1.54, 1.807) is 24.1 Å². The Hall–Kier alpha value is -6.51. The van der Waals surface area contributed by atoms with Crippen molar-refractivity contribution in [1.82, 2.24) is 34.4 Å². The van der Waals surface area contributed by atoms with Crippen LogP contribution in [0.3, 0.4) is 0 Å². The van der Waals surface area contributed by atoms with Gasteiger partial charge in [0.1, 0.15) is 17.3 Å². The average Bonchev–Trinajstić information content (AvgIpc) is 3.83. The van der Waals surface area contributed by atoms with Gasteiger partial charge in [0.2, 0.25) is 11.8 Å². The molecule has 14 heteroatoms. The van der Waals surface area contributed by atoms with E-state index in [2.05, 4.69) is 48.9 Å². The zero-order valence-corrected chi connectivity index (χ0v) is 31.4. The third-order valence-corrected chi connectivity index (χ3v) is 9.71. The Bertz CT molecular complexity index is 2440. The lowest BCUT2D eigenvalue weighted by molar-refractivity contribution is 0.0361. The quantitative estimate of drug-likeness (QED) is 0.0999. The van der Waals surface area contributed by atoms with E-state index >= 15 is 0 Å². The topological polar surface area (TPSA) is 146 Å². The van der Waals surface area contributed by atoms with Crippen LogP contribution in [0.4, 0.5) is 27.9 Å². The Morgan fingerprint density at radius 2 is 1.75 bits per heavy atom. The maximum absolute atomic E-state index is 13.5. The van der Waals surface area contributed by atoms with E-state index in [0.29, 0.717) is 29.1 Å². The number of nitrogens with zero attached hydrogens (tertiary/aromatic N) is 7. The molecule has 14 nitrogen and oxygen atoms in total. The molecule has 3 aromatic heterocycles. The highest BCUT2D eigenvalue weighted by atomic mass is 16.5. The Morgan fingerprint density at radius 3 is 2.57 bits per heavy atom. The Labute approximate surface area is 324 Å². The number of aryl methyl sites for hydroxylation is 1. The molecule has 1 fully saturated rings. The summed E-state index contributed by atoms with van der Waals surface area (Å²) in [5.74, 6) is 2.65. The summed E-state index contributed by atoms with van der Waals surface area (Å²) >= 11 is 0. The fourth-order valence-corrected chi connectivity index (χ4v) is 6.76. The molecule has 8 rings (SSSR count). The van der Waals surface area contributed by atoms with Crippen molar-refractivity contribution in [3.8, 4) is 23.1 Å². The van der Waals surface area contributed by atoms with Crippen LogP contribution in [-0.2, 0) is 17.7 Å². The van der Waals surface area contributed by atoms with Crippen molar-refractivity contribution >= 4 is 50.8 Å². The lowest BCUT2D eigenvalue weighted by Gasteiger charge is -2.26. The molecular formula is C42H44N10O4. The molecule has 1 saturated heterocycles. The molecular weight excluding hydrogens is 709 g/mol. The van der Waals surface area contributed by atoms with E-state index in [1.807, 2.05) is 89.7 Å². The molecule has 286 valence electrons. The molecule has 56 heavy (non-hydrogen) atoms. The number of rotatable bonds is 14. The Morgan fingerprint density at radius 1 is 0.911 bits per heavy atom. The van der Waals surface area contributed by atoms with Gasteiger partial charge in [-0.25, -0.2) is 14.5 Å². The number of urea groups is 1. The molecule has 1 aliphatic heterocycles. The number of morpholine rings is 1. The number of aromatic nitrogens is 6. The van der Waals surface area contributed by atoms with E-state index in [-0.39, 0.29) is 0 Å². The average molecular weight is 753 g/mol. The second-order valence-corrected chi connectivity index (χ2v) is 13.5. The van der Waals surface area contributed by atoms with Crippen molar-refractivity contribution in [2.24, 2.45) is 0 Å². The van der Waals surface area contributed by atoms with Gasteiger partial charge in [0.15, 0.2) is 0 Å². The molecule has 0 aliphatic carbocycles. The molecule has 2 amide bonds. The van der Waals surface area contributed by atoms with Gasteiger partial charge in [-0.1, -0.05) is 37.6 Å². The van der Waals surface area contributed by atoms with E-state index in [1.165, 1.54) is 0 Å². The minimum absolute atomic E-state index is 0.369. The number of fused-ring (bicyclic) bond motifs is 2. The van der Waals surface area contributed by atoms with E-state index in [4.69, 9.17) is 19.3 Å². The van der Waals surface area contributed by atoms with Crippen LogP contribution in [0, 0.1) is 0 Å². The van der Waals surface area contributed by atoms with Crippen molar-refractivity contribution in [3.05, 3.63) is 109 Å². The predicted molar refractivity (Wildman–Crippen MR) is 218 cm³/mol. The first-order valence-electron chi connectivity index (χ1n) is 18.9. The second-order valence-electron chi connectivity index (χ2n) is 13.5. The summed E-state index contributed by atoms with van der Waals surface area (Å²) in [6.07, 6.45) is 6.39. The number of unbranched alkanes of at least 4 members (excludes halogenated alkanes) is 1. The first kappa shape index (κ1) is 36.5. The third kappa shape index (κ3) is 8.41. The van der Waals surface area contributed by atoms with Crippen LogP contribution in [0.2, 0.25) is 0 Å². The molecule has 0 bridgehead atoms. The highest BCUT2D eigenvalue weighted by molar-refractivity contribution is 6.07. The molecule has 0 spiro atoms. The smallest absolute Gasteiger partial charge is 0.324 e. The van der Waals surface area contributed by atoms with Gasteiger partial charge in [-0.3, -0.25) is 14.9 Å². The minimum atomic E-state index is -0.398. The number of methoxy groups -OCH3 is 1. The number of carbonyl (C=O) groups excluding carboxylic acids is 1. The van der Waals surface area contributed by atoms with Gasteiger partial charge in [-0.05, 0) is 67.4 Å². The summed E-state index contributed by atoms with van der Waals surface area (Å²) in [5.41, 5.74) is 4.24.